The van der Waals surface area contributed by atoms with Gasteiger partial charge in [0, 0.05) is 5.92 Å². The first-order valence-corrected chi connectivity index (χ1v) is 8.28. The summed E-state index contributed by atoms with van der Waals surface area (Å²) in [6.45, 7) is 4.47. The molecule has 0 aliphatic carbocycles. The maximum Gasteiger partial charge on any atom is 0.241 e. The van der Waals surface area contributed by atoms with Gasteiger partial charge < -0.3 is 14.8 Å². The van der Waals surface area contributed by atoms with Crippen molar-refractivity contribution in [2.24, 2.45) is 5.92 Å². The van der Waals surface area contributed by atoms with Crippen LogP contribution in [-0.4, -0.2) is 49.4 Å². The normalized spacial score (nSPS) is 21.8. The quantitative estimate of drug-likeness (QED) is 0.914. The number of carbonyl (C=O) groups is 1. The SMILES string of the molecule is CC(C(=O)Nc1c(F)cccc1F)N1CCC(C2OCCO2)CC1. The molecule has 0 saturated carbocycles. The van der Waals surface area contributed by atoms with Crippen LogP contribution in [0.4, 0.5) is 14.5 Å². The Hall–Kier alpha value is -1.57. The summed E-state index contributed by atoms with van der Waals surface area (Å²) in [5.74, 6) is -1.62. The van der Waals surface area contributed by atoms with E-state index in [2.05, 4.69) is 5.32 Å². The van der Waals surface area contributed by atoms with Crippen LogP contribution >= 0.6 is 0 Å². The standard InChI is InChI=1S/C17H22F2N2O3/c1-11(16(22)20-15-13(18)3-2-4-14(15)19)21-7-5-12(6-8-21)17-23-9-10-24-17/h2-4,11-12,17H,5-10H2,1H3,(H,20,22). The zero-order valence-electron chi connectivity index (χ0n) is 13.6. The number of nitrogens with zero attached hydrogens (tertiary/aromatic N) is 1. The van der Waals surface area contributed by atoms with Crippen molar-refractivity contribution < 1.29 is 23.0 Å². The number of rotatable bonds is 4. The Morgan fingerprint density at radius 3 is 2.38 bits per heavy atom. The molecular formula is C17H22F2N2O3. The van der Waals surface area contributed by atoms with Gasteiger partial charge in [-0.05, 0) is 45.0 Å². The van der Waals surface area contributed by atoms with Crippen molar-refractivity contribution in [3.05, 3.63) is 29.8 Å². The fourth-order valence-electron chi connectivity index (χ4n) is 3.24. The Balaban J connectivity index is 1.54. The first-order chi connectivity index (χ1) is 11.6. The van der Waals surface area contributed by atoms with Gasteiger partial charge in [0.15, 0.2) is 6.29 Å². The van der Waals surface area contributed by atoms with Crippen molar-refractivity contribution in [2.75, 3.05) is 31.6 Å². The lowest BCUT2D eigenvalue weighted by molar-refractivity contribution is -0.123. The van der Waals surface area contributed by atoms with Crippen LogP contribution in [0.25, 0.3) is 0 Å². The maximum absolute atomic E-state index is 13.6. The Bertz CT molecular complexity index is 565. The van der Waals surface area contributed by atoms with Crippen molar-refractivity contribution in [1.29, 1.82) is 0 Å². The molecular weight excluding hydrogens is 318 g/mol. The minimum Gasteiger partial charge on any atom is -0.350 e. The summed E-state index contributed by atoms with van der Waals surface area (Å²) in [5, 5.41) is 2.36. The highest BCUT2D eigenvalue weighted by atomic mass is 19.1. The third kappa shape index (κ3) is 3.74. The van der Waals surface area contributed by atoms with Gasteiger partial charge in [-0.1, -0.05) is 6.07 Å². The number of piperidine rings is 1. The molecule has 24 heavy (non-hydrogen) atoms. The topological polar surface area (TPSA) is 50.8 Å². The molecule has 0 radical (unpaired) electrons. The van der Waals surface area contributed by atoms with Crippen LogP contribution in [0.3, 0.4) is 0 Å². The molecule has 2 heterocycles. The molecule has 2 aliphatic heterocycles. The van der Waals surface area contributed by atoms with Crippen LogP contribution in [-0.2, 0) is 14.3 Å². The Kier molecular flexibility index (Phi) is 5.43. The number of hydrogen-bond acceptors (Lipinski definition) is 4. The highest BCUT2D eigenvalue weighted by Crippen LogP contribution is 2.27. The highest BCUT2D eigenvalue weighted by Gasteiger charge is 2.33. The number of anilines is 1. The van der Waals surface area contributed by atoms with Gasteiger partial charge in [-0.25, -0.2) is 8.78 Å². The molecule has 7 heteroatoms. The number of likely N-dealkylation sites (tertiary alicyclic amines) is 1. The molecule has 1 unspecified atom stereocenters. The summed E-state index contributed by atoms with van der Waals surface area (Å²) in [4.78, 5) is 14.3. The smallest absolute Gasteiger partial charge is 0.241 e. The number of benzene rings is 1. The van der Waals surface area contributed by atoms with E-state index < -0.39 is 29.3 Å². The molecule has 2 fully saturated rings. The predicted octanol–water partition coefficient (Wildman–Crippen LogP) is 2.38. The maximum atomic E-state index is 13.6. The summed E-state index contributed by atoms with van der Waals surface area (Å²) >= 11 is 0. The molecule has 2 saturated heterocycles. The molecule has 0 bridgehead atoms. The fourth-order valence-corrected chi connectivity index (χ4v) is 3.24. The largest absolute Gasteiger partial charge is 0.350 e. The molecule has 1 atom stereocenters. The molecule has 1 aromatic rings. The van der Waals surface area contributed by atoms with Gasteiger partial charge in [0.1, 0.15) is 17.3 Å². The van der Waals surface area contributed by atoms with E-state index in [4.69, 9.17) is 9.47 Å². The summed E-state index contributed by atoms with van der Waals surface area (Å²) in [6.07, 6.45) is 1.61. The third-order valence-corrected chi connectivity index (χ3v) is 4.74. The second-order valence-electron chi connectivity index (χ2n) is 6.25. The van der Waals surface area contributed by atoms with Gasteiger partial charge >= 0.3 is 0 Å². The molecule has 2 aliphatic rings. The molecule has 3 rings (SSSR count). The van der Waals surface area contributed by atoms with Gasteiger partial charge in [-0.15, -0.1) is 0 Å². The molecule has 5 nitrogen and oxygen atoms in total. The Morgan fingerprint density at radius 1 is 1.21 bits per heavy atom. The van der Waals surface area contributed by atoms with E-state index in [9.17, 15) is 13.6 Å². The molecule has 0 spiro atoms. The van der Waals surface area contributed by atoms with Crippen molar-refractivity contribution in [2.45, 2.75) is 32.1 Å². The van der Waals surface area contributed by atoms with Crippen LogP contribution in [0.5, 0.6) is 0 Å². The average molecular weight is 340 g/mol. The van der Waals surface area contributed by atoms with Crippen LogP contribution in [0.1, 0.15) is 19.8 Å². The van der Waals surface area contributed by atoms with Gasteiger partial charge in [-0.2, -0.15) is 0 Å². The second-order valence-corrected chi connectivity index (χ2v) is 6.25. The van der Waals surface area contributed by atoms with E-state index in [1.165, 1.54) is 6.07 Å². The van der Waals surface area contributed by atoms with Crippen LogP contribution in [0.2, 0.25) is 0 Å². The molecule has 1 amide bonds. The Morgan fingerprint density at radius 2 is 1.79 bits per heavy atom. The average Bonchev–Trinajstić information content (AvgIpc) is 3.12. The van der Waals surface area contributed by atoms with E-state index in [1.54, 1.807) is 6.92 Å². The number of carbonyl (C=O) groups excluding carboxylic acids is 1. The zero-order valence-corrected chi connectivity index (χ0v) is 13.6. The van der Waals surface area contributed by atoms with Crippen molar-refractivity contribution in [3.8, 4) is 0 Å². The van der Waals surface area contributed by atoms with Crippen LogP contribution in [0.15, 0.2) is 18.2 Å². The fraction of sp³-hybridized carbons (Fsp3) is 0.588. The molecule has 1 N–H and O–H groups in total. The molecule has 0 aromatic heterocycles. The van der Waals surface area contributed by atoms with Gasteiger partial charge in [-0.3, -0.25) is 9.69 Å². The summed E-state index contributed by atoms with van der Waals surface area (Å²) in [5.41, 5.74) is -0.392. The third-order valence-electron chi connectivity index (χ3n) is 4.74. The lowest BCUT2D eigenvalue weighted by Gasteiger charge is -2.36. The van der Waals surface area contributed by atoms with Gasteiger partial charge in [0.25, 0.3) is 0 Å². The lowest BCUT2D eigenvalue weighted by atomic mass is 9.95. The number of hydrogen-bond donors (Lipinski definition) is 1. The van der Waals surface area contributed by atoms with Gasteiger partial charge in [0.05, 0.1) is 19.3 Å². The summed E-state index contributed by atoms with van der Waals surface area (Å²) in [6, 6.07) is 3.05. The number of amides is 1. The molecule has 1 aromatic carbocycles. The number of halogens is 2. The van der Waals surface area contributed by atoms with E-state index in [-0.39, 0.29) is 6.29 Å². The first kappa shape index (κ1) is 17.3. The minimum absolute atomic E-state index is 0.135. The van der Waals surface area contributed by atoms with Crippen molar-refractivity contribution in [1.82, 2.24) is 4.90 Å². The highest BCUT2D eigenvalue weighted by molar-refractivity contribution is 5.94. The van der Waals surface area contributed by atoms with Crippen molar-refractivity contribution >= 4 is 11.6 Å². The zero-order chi connectivity index (χ0) is 17.1. The monoisotopic (exact) mass is 340 g/mol. The Labute approximate surface area is 139 Å². The first-order valence-electron chi connectivity index (χ1n) is 8.28. The van der Waals surface area contributed by atoms with E-state index in [1.807, 2.05) is 4.90 Å². The molecule has 132 valence electrons. The second kappa shape index (κ2) is 7.55. The number of ether oxygens (including phenoxy) is 2. The summed E-state index contributed by atoms with van der Waals surface area (Å²) < 4.78 is 38.4. The van der Waals surface area contributed by atoms with Gasteiger partial charge in [0.2, 0.25) is 5.91 Å². The van der Waals surface area contributed by atoms with Crippen LogP contribution in [0, 0.1) is 17.6 Å². The number of para-hydroxylation sites is 1. The summed E-state index contributed by atoms with van der Waals surface area (Å²) in [7, 11) is 0. The van der Waals surface area contributed by atoms with Crippen molar-refractivity contribution in [3.63, 3.8) is 0 Å². The van der Waals surface area contributed by atoms with E-state index >= 15 is 0 Å². The van der Waals surface area contributed by atoms with E-state index in [0.29, 0.717) is 19.1 Å². The van der Waals surface area contributed by atoms with Crippen LogP contribution < -0.4 is 5.32 Å². The van der Waals surface area contributed by atoms with E-state index in [0.717, 1.165) is 38.1 Å². The minimum atomic E-state index is -0.773. The number of nitrogens with one attached hydrogen (secondary N) is 1. The lowest BCUT2D eigenvalue weighted by Crippen LogP contribution is -2.47. The predicted molar refractivity (Wildman–Crippen MR) is 84.4 cm³/mol.